The summed E-state index contributed by atoms with van der Waals surface area (Å²) in [5.41, 5.74) is 2.16. The smallest absolute Gasteiger partial charge is 0.266 e. The number of fused-ring (bicyclic) bond motifs is 1. The molecule has 7 heteroatoms. The van der Waals surface area contributed by atoms with Crippen LogP contribution in [-0.2, 0) is 4.79 Å². The van der Waals surface area contributed by atoms with Gasteiger partial charge in [0.25, 0.3) is 11.5 Å². The molecule has 1 aromatic heterocycles. The molecule has 28 heavy (non-hydrogen) atoms. The number of hydrogen-bond donors (Lipinski definition) is 0. The number of carbonyl (C=O) groups is 1. The van der Waals surface area contributed by atoms with Crippen LogP contribution in [0.15, 0.2) is 53.3 Å². The number of aromatic nitrogens is 2. The Bertz CT molecular complexity index is 1060. The first kappa shape index (κ1) is 20.4. The van der Waals surface area contributed by atoms with Gasteiger partial charge in [-0.2, -0.15) is 0 Å². The van der Waals surface area contributed by atoms with E-state index in [4.69, 9.17) is 28.2 Å². The normalized spacial score (nSPS) is 12.4. The maximum atomic E-state index is 13.3. The summed E-state index contributed by atoms with van der Waals surface area (Å²) in [5.74, 6) is 0.0351. The third-order valence-electron chi connectivity index (χ3n) is 4.75. The number of alkyl halides is 2. The molecule has 0 spiro atoms. The average molecular weight is 418 g/mol. The second-order valence-electron chi connectivity index (χ2n) is 6.56. The fourth-order valence-electron chi connectivity index (χ4n) is 3.26. The van der Waals surface area contributed by atoms with Crippen LogP contribution in [0.4, 0.5) is 0 Å². The summed E-state index contributed by atoms with van der Waals surface area (Å²) >= 11 is 11.6. The minimum Gasteiger partial charge on any atom is -0.331 e. The van der Waals surface area contributed by atoms with E-state index in [1.54, 1.807) is 16.7 Å². The second-order valence-corrected chi connectivity index (χ2v) is 7.66. The Morgan fingerprint density at radius 2 is 1.79 bits per heavy atom. The van der Waals surface area contributed by atoms with E-state index in [-0.39, 0.29) is 5.56 Å². The van der Waals surface area contributed by atoms with E-state index in [1.165, 1.54) is 4.90 Å². The lowest BCUT2D eigenvalue weighted by Gasteiger charge is -2.30. The summed E-state index contributed by atoms with van der Waals surface area (Å²) in [6.45, 7) is 6.01. The minimum atomic E-state index is -1.18. The zero-order valence-electron chi connectivity index (χ0n) is 15.9. The molecular weight excluding hydrogens is 397 g/mol. The van der Waals surface area contributed by atoms with Crippen molar-refractivity contribution in [2.75, 3.05) is 6.54 Å². The molecule has 0 fully saturated rings. The molecule has 3 aromatic rings. The van der Waals surface area contributed by atoms with Crippen LogP contribution in [0.5, 0.6) is 0 Å². The molecule has 0 aliphatic heterocycles. The Balaban J connectivity index is 2.28. The maximum absolute atomic E-state index is 13.3. The van der Waals surface area contributed by atoms with Crippen molar-refractivity contribution in [2.45, 2.75) is 31.6 Å². The van der Waals surface area contributed by atoms with E-state index >= 15 is 0 Å². The Morgan fingerprint density at radius 1 is 1.14 bits per heavy atom. The number of amides is 1. The highest BCUT2D eigenvalue weighted by Gasteiger charge is 2.28. The van der Waals surface area contributed by atoms with Crippen molar-refractivity contribution in [1.82, 2.24) is 14.5 Å². The van der Waals surface area contributed by atoms with Crippen molar-refractivity contribution in [3.05, 3.63) is 70.3 Å². The highest BCUT2D eigenvalue weighted by Crippen LogP contribution is 2.24. The van der Waals surface area contributed by atoms with Crippen LogP contribution >= 0.6 is 23.2 Å². The molecule has 0 radical (unpaired) electrons. The van der Waals surface area contributed by atoms with Crippen LogP contribution in [-0.4, -0.2) is 31.7 Å². The van der Waals surface area contributed by atoms with Crippen LogP contribution in [0.1, 0.15) is 31.3 Å². The largest absolute Gasteiger partial charge is 0.331 e. The topological polar surface area (TPSA) is 55.2 Å². The first-order chi connectivity index (χ1) is 13.3. The number of halogens is 2. The Labute approximate surface area is 173 Å². The van der Waals surface area contributed by atoms with Gasteiger partial charge in [-0.15, -0.1) is 0 Å². The summed E-state index contributed by atoms with van der Waals surface area (Å²) in [6, 6.07) is 14.3. The van der Waals surface area contributed by atoms with Gasteiger partial charge in [-0.3, -0.25) is 14.2 Å². The van der Waals surface area contributed by atoms with E-state index in [0.717, 1.165) is 5.56 Å². The monoisotopic (exact) mass is 417 g/mol. The lowest BCUT2D eigenvalue weighted by atomic mass is 10.1. The Morgan fingerprint density at radius 3 is 2.39 bits per heavy atom. The van der Waals surface area contributed by atoms with Crippen molar-refractivity contribution >= 4 is 40.0 Å². The lowest BCUT2D eigenvalue weighted by Crippen LogP contribution is -2.39. The third kappa shape index (κ3) is 3.77. The van der Waals surface area contributed by atoms with E-state index in [9.17, 15) is 9.59 Å². The van der Waals surface area contributed by atoms with Gasteiger partial charge in [-0.05, 0) is 45.0 Å². The summed E-state index contributed by atoms with van der Waals surface area (Å²) < 4.78 is 1.56. The molecule has 5 nitrogen and oxygen atoms in total. The van der Waals surface area contributed by atoms with Crippen molar-refractivity contribution in [3.63, 3.8) is 0 Å². The molecule has 3 rings (SSSR count). The molecule has 1 unspecified atom stereocenters. The van der Waals surface area contributed by atoms with Crippen LogP contribution < -0.4 is 5.56 Å². The van der Waals surface area contributed by atoms with Gasteiger partial charge in [0.15, 0.2) is 4.84 Å². The van der Waals surface area contributed by atoms with Gasteiger partial charge in [-0.25, -0.2) is 4.98 Å². The maximum Gasteiger partial charge on any atom is 0.266 e. The summed E-state index contributed by atoms with van der Waals surface area (Å²) in [7, 11) is 0. The van der Waals surface area contributed by atoms with Crippen molar-refractivity contribution in [2.24, 2.45) is 0 Å². The predicted octanol–water partition coefficient (Wildman–Crippen LogP) is 4.41. The van der Waals surface area contributed by atoms with Gasteiger partial charge in [0, 0.05) is 6.54 Å². The van der Waals surface area contributed by atoms with E-state index in [1.807, 2.05) is 57.2 Å². The zero-order valence-corrected chi connectivity index (χ0v) is 17.4. The molecule has 1 heterocycles. The number of aryl methyl sites for hydroxylation is 1. The highest BCUT2D eigenvalue weighted by atomic mass is 35.5. The minimum absolute atomic E-state index is 0.187. The first-order valence-electron chi connectivity index (χ1n) is 9.02. The van der Waals surface area contributed by atoms with Crippen molar-refractivity contribution in [1.29, 1.82) is 0 Å². The average Bonchev–Trinajstić information content (AvgIpc) is 2.69. The molecule has 146 valence electrons. The number of benzene rings is 2. The van der Waals surface area contributed by atoms with Crippen LogP contribution in [0.2, 0.25) is 0 Å². The van der Waals surface area contributed by atoms with Crippen molar-refractivity contribution < 1.29 is 4.79 Å². The van der Waals surface area contributed by atoms with Gasteiger partial charge in [0.1, 0.15) is 5.82 Å². The third-order valence-corrected chi connectivity index (χ3v) is 5.12. The van der Waals surface area contributed by atoms with E-state index in [2.05, 4.69) is 0 Å². The number of rotatable bonds is 5. The molecule has 0 saturated carbocycles. The summed E-state index contributed by atoms with van der Waals surface area (Å²) in [6.07, 6.45) is 0. The summed E-state index contributed by atoms with van der Waals surface area (Å²) in [5, 5.41) is 0.515. The second kappa shape index (κ2) is 8.33. The lowest BCUT2D eigenvalue weighted by molar-refractivity contribution is -0.131. The standard InChI is InChI=1S/C21H21Cl2N3O2/c1-4-25(21(28)18(22)23)14(3)19-24-17-8-6-5-7-16(17)20(27)26(19)15-11-9-13(2)10-12-15/h5-12,14,18H,4H2,1-3H3. The quantitative estimate of drug-likeness (QED) is 0.577. The number of nitrogens with zero attached hydrogens (tertiary/aromatic N) is 3. The van der Waals surface area contributed by atoms with Gasteiger partial charge in [0.2, 0.25) is 0 Å². The molecule has 2 aromatic carbocycles. The summed E-state index contributed by atoms with van der Waals surface area (Å²) in [4.78, 5) is 30.9. The van der Waals surface area contributed by atoms with Gasteiger partial charge < -0.3 is 4.90 Å². The molecule has 1 amide bonds. The fraction of sp³-hybridized carbons (Fsp3) is 0.286. The van der Waals surface area contributed by atoms with Crippen molar-refractivity contribution in [3.8, 4) is 5.69 Å². The number of hydrogen-bond acceptors (Lipinski definition) is 3. The molecule has 1 atom stereocenters. The zero-order chi connectivity index (χ0) is 20.4. The Hall–Kier alpha value is -2.37. The highest BCUT2D eigenvalue weighted by molar-refractivity contribution is 6.53. The van der Waals surface area contributed by atoms with Gasteiger partial charge in [0.05, 0.1) is 22.6 Å². The molecule has 0 aliphatic rings. The molecule has 0 bridgehead atoms. The molecule has 0 N–H and O–H groups in total. The first-order valence-corrected chi connectivity index (χ1v) is 9.89. The Kier molecular flexibility index (Phi) is 6.06. The van der Waals surface area contributed by atoms with Crippen LogP contribution in [0.3, 0.4) is 0 Å². The van der Waals surface area contributed by atoms with Gasteiger partial charge in [-0.1, -0.05) is 53.0 Å². The predicted molar refractivity (Wildman–Crippen MR) is 113 cm³/mol. The molecule has 0 saturated heterocycles. The number of carbonyl (C=O) groups excluding carboxylic acids is 1. The SMILES string of the molecule is CCN(C(=O)C(Cl)Cl)C(C)c1nc2ccccc2c(=O)n1-c1ccc(C)cc1. The fourth-order valence-corrected chi connectivity index (χ4v) is 3.51. The van der Waals surface area contributed by atoms with Crippen LogP contribution in [0.25, 0.3) is 16.6 Å². The molecular formula is C21H21Cl2N3O2. The van der Waals surface area contributed by atoms with E-state index in [0.29, 0.717) is 29.0 Å². The van der Waals surface area contributed by atoms with E-state index < -0.39 is 16.8 Å². The molecule has 0 aliphatic carbocycles. The number of para-hydroxylation sites is 1. The van der Waals surface area contributed by atoms with Crippen LogP contribution in [0, 0.1) is 6.92 Å². The van der Waals surface area contributed by atoms with Gasteiger partial charge >= 0.3 is 0 Å².